The van der Waals surface area contributed by atoms with Gasteiger partial charge in [0.15, 0.2) is 15.8 Å². The summed E-state index contributed by atoms with van der Waals surface area (Å²) in [6.07, 6.45) is 0.553. The molecule has 150 valence electrons. The molecule has 0 aromatic heterocycles. The predicted octanol–water partition coefficient (Wildman–Crippen LogP) is 2.93. The quantitative estimate of drug-likeness (QED) is 0.517. The molecule has 0 radical (unpaired) electrons. The first-order valence-corrected chi connectivity index (χ1v) is 10.8. The van der Waals surface area contributed by atoms with Gasteiger partial charge in [-0.1, -0.05) is 41.6 Å². The molecule has 2 atom stereocenters. The van der Waals surface area contributed by atoms with E-state index in [0.717, 1.165) is 16.8 Å². The van der Waals surface area contributed by atoms with Gasteiger partial charge >= 0.3 is 0 Å². The Bertz CT molecular complexity index is 984. The van der Waals surface area contributed by atoms with Crippen LogP contribution in [0.5, 0.6) is 0 Å². The maximum atomic E-state index is 11.8. The van der Waals surface area contributed by atoms with Gasteiger partial charge in [-0.25, -0.2) is 4.21 Å². The highest BCUT2D eigenvalue weighted by Crippen LogP contribution is 2.41. The molecule has 0 aliphatic carbocycles. The predicted molar refractivity (Wildman–Crippen MR) is 115 cm³/mol. The van der Waals surface area contributed by atoms with Gasteiger partial charge in [-0.3, -0.25) is 4.79 Å². The fourth-order valence-corrected chi connectivity index (χ4v) is 4.99. The number of nitriles is 1. The molecule has 2 unspecified atom stereocenters. The largest absolute Gasteiger partial charge is 0.334 e. The molecule has 0 spiro atoms. The van der Waals surface area contributed by atoms with E-state index in [2.05, 4.69) is 11.4 Å². The topological polar surface area (TPSA) is 96.7 Å². The lowest BCUT2D eigenvalue weighted by Gasteiger charge is -2.26. The Kier molecular flexibility index (Phi) is 6.59. The number of nitrogens with zero attached hydrogens (tertiary/aromatic N) is 3. The Balaban J connectivity index is 2.06. The van der Waals surface area contributed by atoms with Crippen molar-refractivity contribution >= 4 is 34.9 Å². The molecule has 0 saturated heterocycles. The summed E-state index contributed by atoms with van der Waals surface area (Å²) in [4.78, 5) is 14.7. The Morgan fingerprint density at radius 2 is 1.93 bits per heavy atom. The molecular formula is C20H20N4O3S2. The number of carbonyl (C=O) groups excluding carboxylic acids is 1. The molecule has 2 aromatic rings. The minimum absolute atomic E-state index is 0.453. The average molecular weight is 429 g/mol. The summed E-state index contributed by atoms with van der Waals surface area (Å²) in [6, 6.07) is 17.3. The number of amides is 1. The Morgan fingerprint density at radius 1 is 1.28 bits per heavy atom. The van der Waals surface area contributed by atoms with Crippen LogP contribution in [-0.4, -0.2) is 31.8 Å². The zero-order valence-corrected chi connectivity index (χ0v) is 17.5. The number of aryl methyl sites for hydroxylation is 1. The highest BCUT2D eigenvalue weighted by molar-refractivity contribution is 8.12. The number of anilines is 1. The molecule has 2 aromatic carbocycles. The number of carbonyl (C=O) groups is 1. The van der Waals surface area contributed by atoms with Crippen molar-refractivity contribution in [3.63, 3.8) is 0 Å². The van der Waals surface area contributed by atoms with E-state index in [1.165, 1.54) is 11.8 Å². The summed E-state index contributed by atoms with van der Waals surface area (Å²) in [6.45, 7) is 2.50. The standard InChI is InChI=1S/C20H20N4O3S2/c1-14-3-5-16(6-4-14)12-24(17-9-7-15(11-21)8-10-17)19-18(22-13-25)23(2)20(28-19)29(26)27/h3-10,13,20H,12H2,1-2H3,(H,22,25)(H,26,27). The van der Waals surface area contributed by atoms with Gasteiger partial charge in [-0.2, -0.15) is 5.26 Å². The van der Waals surface area contributed by atoms with E-state index in [0.29, 0.717) is 29.4 Å². The van der Waals surface area contributed by atoms with Crippen molar-refractivity contribution in [2.45, 2.75) is 18.2 Å². The molecule has 2 N–H and O–H groups in total. The summed E-state index contributed by atoms with van der Waals surface area (Å²) >= 11 is -0.917. The first-order valence-electron chi connectivity index (χ1n) is 8.71. The fourth-order valence-electron chi connectivity index (χ4n) is 2.95. The molecule has 3 rings (SSSR count). The second kappa shape index (κ2) is 9.13. The summed E-state index contributed by atoms with van der Waals surface area (Å²) in [5, 5.41) is 12.4. The van der Waals surface area contributed by atoms with Gasteiger partial charge in [0.2, 0.25) is 6.41 Å². The van der Waals surface area contributed by atoms with Crippen LogP contribution in [0.2, 0.25) is 0 Å². The molecule has 0 saturated carbocycles. The molecule has 29 heavy (non-hydrogen) atoms. The average Bonchev–Trinajstić information content (AvgIpc) is 3.04. The van der Waals surface area contributed by atoms with Crippen molar-refractivity contribution in [3.05, 3.63) is 76.1 Å². The highest BCUT2D eigenvalue weighted by atomic mass is 32.2. The normalized spacial score (nSPS) is 17.0. The van der Waals surface area contributed by atoms with Crippen LogP contribution in [0.4, 0.5) is 5.69 Å². The number of benzene rings is 2. The SMILES string of the molecule is Cc1ccc(CN(C2=C(NC=O)N(C)C(S(=O)O)S2)c2ccc(C#N)cc2)cc1. The van der Waals surface area contributed by atoms with Gasteiger partial charge in [0.25, 0.3) is 0 Å². The zero-order valence-electron chi connectivity index (χ0n) is 15.9. The lowest BCUT2D eigenvalue weighted by atomic mass is 10.1. The second-order valence-electron chi connectivity index (χ2n) is 6.46. The van der Waals surface area contributed by atoms with Gasteiger partial charge in [-0.05, 0) is 36.8 Å². The van der Waals surface area contributed by atoms with E-state index >= 15 is 0 Å². The van der Waals surface area contributed by atoms with E-state index < -0.39 is 15.8 Å². The van der Waals surface area contributed by atoms with Gasteiger partial charge < -0.3 is 19.7 Å². The molecule has 1 heterocycles. The maximum absolute atomic E-state index is 11.8. The van der Waals surface area contributed by atoms with Gasteiger partial charge in [0.05, 0.1) is 11.6 Å². The van der Waals surface area contributed by atoms with Crippen molar-refractivity contribution in [1.29, 1.82) is 5.26 Å². The molecule has 0 bridgehead atoms. The Hall–Kier alpha value is -2.80. The van der Waals surface area contributed by atoms with Crippen molar-refractivity contribution in [3.8, 4) is 6.07 Å². The number of thioether (sulfide) groups is 1. The number of hydrogen-bond donors (Lipinski definition) is 2. The minimum atomic E-state index is -2.12. The van der Waals surface area contributed by atoms with Crippen LogP contribution in [0, 0.1) is 18.3 Å². The van der Waals surface area contributed by atoms with Crippen LogP contribution in [-0.2, 0) is 22.4 Å². The Morgan fingerprint density at radius 3 is 2.48 bits per heavy atom. The van der Waals surface area contributed by atoms with E-state index in [1.54, 1.807) is 24.1 Å². The molecule has 1 aliphatic heterocycles. The maximum Gasteiger partial charge on any atom is 0.212 e. The van der Waals surface area contributed by atoms with Crippen LogP contribution in [0.15, 0.2) is 59.4 Å². The first-order chi connectivity index (χ1) is 13.9. The first kappa shape index (κ1) is 20.9. The monoisotopic (exact) mass is 428 g/mol. The summed E-state index contributed by atoms with van der Waals surface area (Å²) in [5.41, 5.74) is 3.52. The van der Waals surface area contributed by atoms with Gasteiger partial charge in [-0.15, -0.1) is 0 Å². The van der Waals surface area contributed by atoms with Crippen molar-refractivity contribution < 1.29 is 13.6 Å². The highest BCUT2D eigenvalue weighted by Gasteiger charge is 2.37. The number of rotatable bonds is 7. The smallest absolute Gasteiger partial charge is 0.212 e. The Labute approximate surface area is 176 Å². The van der Waals surface area contributed by atoms with Gasteiger partial charge in [0, 0.05) is 19.3 Å². The van der Waals surface area contributed by atoms with E-state index in [4.69, 9.17) is 5.26 Å². The molecule has 1 aliphatic rings. The van der Waals surface area contributed by atoms with E-state index in [-0.39, 0.29) is 0 Å². The summed E-state index contributed by atoms with van der Waals surface area (Å²) < 4.78 is 20.7. The van der Waals surface area contributed by atoms with Crippen molar-refractivity contribution in [2.75, 3.05) is 11.9 Å². The van der Waals surface area contributed by atoms with Crippen LogP contribution in [0.3, 0.4) is 0 Å². The molecule has 0 fully saturated rings. The number of nitrogens with one attached hydrogen (secondary N) is 1. The fraction of sp³-hybridized carbons (Fsp3) is 0.200. The third-order valence-electron chi connectivity index (χ3n) is 4.47. The third-order valence-corrected chi connectivity index (χ3v) is 7.07. The minimum Gasteiger partial charge on any atom is -0.334 e. The van der Waals surface area contributed by atoms with Crippen LogP contribution in [0.1, 0.15) is 16.7 Å². The molecule has 1 amide bonds. The van der Waals surface area contributed by atoms with E-state index in [9.17, 15) is 13.6 Å². The van der Waals surface area contributed by atoms with Crippen molar-refractivity contribution in [2.24, 2.45) is 0 Å². The summed E-state index contributed by atoms with van der Waals surface area (Å²) in [5.74, 6) is 0.453. The second-order valence-corrected chi connectivity index (χ2v) is 8.82. The lowest BCUT2D eigenvalue weighted by molar-refractivity contribution is -0.109. The van der Waals surface area contributed by atoms with Crippen LogP contribution >= 0.6 is 11.8 Å². The van der Waals surface area contributed by atoms with E-state index in [1.807, 2.05) is 48.2 Å². The van der Waals surface area contributed by atoms with Crippen molar-refractivity contribution in [1.82, 2.24) is 10.2 Å². The zero-order chi connectivity index (χ0) is 21.0. The van der Waals surface area contributed by atoms with Crippen LogP contribution in [0.25, 0.3) is 0 Å². The van der Waals surface area contributed by atoms with Crippen LogP contribution < -0.4 is 10.2 Å². The molecule has 9 heteroatoms. The molecule has 7 nitrogen and oxygen atoms in total. The number of hydrogen-bond acceptors (Lipinski definition) is 6. The summed E-state index contributed by atoms with van der Waals surface area (Å²) in [7, 11) is 1.66. The third kappa shape index (κ3) is 4.62. The molecular weight excluding hydrogens is 408 g/mol. The van der Waals surface area contributed by atoms with Gasteiger partial charge in [0.1, 0.15) is 10.9 Å². The lowest BCUT2D eigenvalue weighted by Crippen LogP contribution is -2.33.